The molecule has 0 fully saturated rings. The van der Waals surface area contributed by atoms with Gasteiger partial charge in [0, 0.05) is 12.6 Å². The molecule has 0 saturated carbocycles. The predicted octanol–water partition coefficient (Wildman–Crippen LogP) is 2.53. The molecule has 23 heavy (non-hydrogen) atoms. The van der Waals surface area contributed by atoms with E-state index in [0.29, 0.717) is 18.3 Å². The van der Waals surface area contributed by atoms with Gasteiger partial charge < -0.3 is 10.1 Å². The molecule has 1 aromatic carbocycles. The first-order valence-corrected chi connectivity index (χ1v) is 6.80. The second-order valence-electron chi connectivity index (χ2n) is 4.74. The molecule has 0 spiro atoms. The summed E-state index contributed by atoms with van der Waals surface area (Å²) in [4.78, 5) is 24.0. The van der Waals surface area contributed by atoms with Crippen molar-refractivity contribution in [2.24, 2.45) is 0 Å². The van der Waals surface area contributed by atoms with Crippen LogP contribution >= 0.6 is 0 Å². The number of ether oxygens (including phenoxy) is 1. The lowest BCUT2D eigenvalue weighted by atomic mass is 10.1. The number of amides is 1. The summed E-state index contributed by atoms with van der Waals surface area (Å²) in [6.45, 7) is 3.99. The Labute approximate surface area is 131 Å². The van der Waals surface area contributed by atoms with Crippen molar-refractivity contribution in [3.63, 3.8) is 0 Å². The molecule has 1 N–H and O–H groups in total. The topological polar surface area (TPSA) is 73.2 Å². The number of halogens is 2. The van der Waals surface area contributed by atoms with Crippen molar-refractivity contribution < 1.29 is 23.1 Å². The number of anilines is 1. The largest absolute Gasteiger partial charge is 0.465 e. The molecule has 0 aliphatic heterocycles. The van der Waals surface area contributed by atoms with Crippen LogP contribution in [-0.2, 0) is 11.3 Å². The van der Waals surface area contributed by atoms with E-state index in [0.717, 1.165) is 13.2 Å². The van der Waals surface area contributed by atoms with Crippen LogP contribution in [0.4, 0.5) is 14.5 Å². The highest BCUT2D eigenvalue weighted by atomic mass is 19.2. The Hall–Kier alpha value is -2.77. The Bertz CT molecular complexity index is 772. The second kappa shape index (κ2) is 6.55. The third-order valence-electron chi connectivity index (χ3n) is 3.15. The summed E-state index contributed by atoms with van der Waals surface area (Å²) in [5.41, 5.74) is 0.419. The monoisotopic (exact) mass is 323 g/mol. The molecule has 0 aliphatic rings. The number of methoxy groups -OCH3 is 1. The first-order chi connectivity index (χ1) is 10.9. The summed E-state index contributed by atoms with van der Waals surface area (Å²) in [5, 5.41) is 6.52. The Morgan fingerprint density at radius 1 is 1.26 bits per heavy atom. The zero-order valence-corrected chi connectivity index (χ0v) is 12.8. The molecule has 0 atom stereocenters. The molecule has 1 heterocycles. The van der Waals surface area contributed by atoms with Gasteiger partial charge in [0.15, 0.2) is 11.6 Å². The van der Waals surface area contributed by atoms with Crippen LogP contribution in [-0.4, -0.2) is 28.8 Å². The number of aryl methyl sites for hydroxylation is 2. The van der Waals surface area contributed by atoms with Crippen molar-refractivity contribution in [2.45, 2.75) is 20.4 Å². The molecule has 6 nitrogen and oxygen atoms in total. The first kappa shape index (κ1) is 16.6. The number of nitrogens with one attached hydrogen (secondary N) is 1. The van der Waals surface area contributed by atoms with E-state index in [-0.39, 0.29) is 16.9 Å². The van der Waals surface area contributed by atoms with Crippen LogP contribution < -0.4 is 5.32 Å². The van der Waals surface area contributed by atoms with Gasteiger partial charge in [0.2, 0.25) is 0 Å². The minimum atomic E-state index is -1.21. The number of hydrogen-bond donors (Lipinski definition) is 1. The zero-order chi connectivity index (χ0) is 17.1. The molecule has 122 valence electrons. The van der Waals surface area contributed by atoms with Crippen molar-refractivity contribution in [1.82, 2.24) is 9.78 Å². The number of esters is 1. The molecule has 0 radical (unpaired) electrons. The maximum atomic E-state index is 13.4. The van der Waals surface area contributed by atoms with Crippen LogP contribution in [0.3, 0.4) is 0 Å². The number of carbonyl (C=O) groups excluding carboxylic acids is 2. The molecule has 0 bridgehead atoms. The standard InChI is InChI=1S/C15H15F2N3O3/c1-4-20-13(5-8(2)19-20)14(21)18-12-7-11(17)10(16)6-9(12)15(22)23-3/h5-7H,4H2,1-3H3,(H,18,21). The Balaban J connectivity index is 2.40. The van der Waals surface area contributed by atoms with Crippen LogP contribution in [0.15, 0.2) is 18.2 Å². The van der Waals surface area contributed by atoms with E-state index in [1.165, 1.54) is 4.68 Å². The zero-order valence-electron chi connectivity index (χ0n) is 12.8. The van der Waals surface area contributed by atoms with Crippen molar-refractivity contribution in [3.8, 4) is 0 Å². The van der Waals surface area contributed by atoms with Gasteiger partial charge in [-0.2, -0.15) is 5.10 Å². The maximum Gasteiger partial charge on any atom is 0.340 e. The third-order valence-corrected chi connectivity index (χ3v) is 3.15. The van der Waals surface area contributed by atoms with Gasteiger partial charge in [0.1, 0.15) is 5.69 Å². The summed E-state index contributed by atoms with van der Waals surface area (Å²) in [5.74, 6) is -3.88. The lowest BCUT2D eigenvalue weighted by Crippen LogP contribution is -2.19. The minimum absolute atomic E-state index is 0.178. The normalized spacial score (nSPS) is 10.5. The van der Waals surface area contributed by atoms with Gasteiger partial charge in [-0.25, -0.2) is 13.6 Å². The number of rotatable bonds is 4. The highest BCUT2D eigenvalue weighted by Gasteiger charge is 2.20. The lowest BCUT2D eigenvalue weighted by molar-refractivity contribution is 0.0601. The minimum Gasteiger partial charge on any atom is -0.465 e. The number of nitrogens with zero attached hydrogens (tertiary/aromatic N) is 2. The van der Waals surface area contributed by atoms with Crippen LogP contribution in [0, 0.1) is 18.6 Å². The van der Waals surface area contributed by atoms with E-state index in [4.69, 9.17) is 0 Å². The summed E-state index contributed by atoms with van der Waals surface area (Å²) < 4.78 is 32.7. The quantitative estimate of drug-likeness (QED) is 0.878. The van der Waals surface area contributed by atoms with E-state index in [1.807, 2.05) is 0 Å². The van der Waals surface area contributed by atoms with Gasteiger partial charge >= 0.3 is 5.97 Å². The SMILES string of the molecule is CCn1nc(C)cc1C(=O)Nc1cc(F)c(F)cc1C(=O)OC. The van der Waals surface area contributed by atoms with Gasteiger partial charge in [-0.15, -0.1) is 0 Å². The van der Waals surface area contributed by atoms with Crippen molar-refractivity contribution >= 4 is 17.6 Å². The Kier molecular flexibility index (Phi) is 4.73. The highest BCUT2D eigenvalue weighted by Crippen LogP contribution is 2.22. The average Bonchev–Trinajstić information content (AvgIpc) is 2.91. The van der Waals surface area contributed by atoms with Crippen molar-refractivity contribution in [3.05, 3.63) is 46.8 Å². The fraction of sp³-hybridized carbons (Fsp3) is 0.267. The Morgan fingerprint density at radius 3 is 2.52 bits per heavy atom. The third kappa shape index (κ3) is 3.36. The van der Waals surface area contributed by atoms with E-state index in [9.17, 15) is 18.4 Å². The number of aromatic nitrogens is 2. The summed E-state index contributed by atoms with van der Waals surface area (Å²) in [7, 11) is 1.10. The smallest absolute Gasteiger partial charge is 0.340 e. The molecule has 1 aromatic heterocycles. The molecule has 0 unspecified atom stereocenters. The van der Waals surface area contributed by atoms with Gasteiger partial charge in [-0.05, 0) is 26.0 Å². The van der Waals surface area contributed by atoms with E-state index in [1.54, 1.807) is 19.9 Å². The van der Waals surface area contributed by atoms with Gasteiger partial charge in [-0.1, -0.05) is 0 Å². The highest BCUT2D eigenvalue weighted by molar-refractivity contribution is 6.07. The maximum absolute atomic E-state index is 13.4. The van der Waals surface area contributed by atoms with E-state index < -0.39 is 23.5 Å². The van der Waals surface area contributed by atoms with Crippen LogP contribution in [0.1, 0.15) is 33.5 Å². The summed E-state index contributed by atoms with van der Waals surface area (Å²) >= 11 is 0. The molecule has 0 aliphatic carbocycles. The van der Waals surface area contributed by atoms with Gasteiger partial charge in [-0.3, -0.25) is 9.48 Å². The second-order valence-corrected chi connectivity index (χ2v) is 4.74. The fourth-order valence-electron chi connectivity index (χ4n) is 2.08. The predicted molar refractivity (Wildman–Crippen MR) is 78.3 cm³/mol. The van der Waals surface area contributed by atoms with Crippen LogP contribution in [0.5, 0.6) is 0 Å². The number of carbonyl (C=O) groups is 2. The molecule has 2 rings (SSSR count). The average molecular weight is 323 g/mol. The van der Waals surface area contributed by atoms with Crippen LogP contribution in [0.2, 0.25) is 0 Å². The van der Waals surface area contributed by atoms with Gasteiger partial charge in [0.25, 0.3) is 5.91 Å². The van der Waals surface area contributed by atoms with E-state index >= 15 is 0 Å². The first-order valence-electron chi connectivity index (χ1n) is 6.80. The number of hydrogen-bond acceptors (Lipinski definition) is 4. The molecular formula is C15H15F2N3O3. The number of benzene rings is 1. The fourth-order valence-corrected chi connectivity index (χ4v) is 2.08. The molecular weight excluding hydrogens is 308 g/mol. The van der Waals surface area contributed by atoms with Crippen LogP contribution in [0.25, 0.3) is 0 Å². The Morgan fingerprint density at radius 2 is 1.91 bits per heavy atom. The molecule has 8 heteroatoms. The molecule has 0 saturated heterocycles. The summed E-state index contributed by atoms with van der Waals surface area (Å²) in [6.07, 6.45) is 0. The van der Waals surface area contributed by atoms with Gasteiger partial charge in [0.05, 0.1) is 24.1 Å². The summed E-state index contributed by atoms with van der Waals surface area (Å²) in [6, 6.07) is 2.97. The lowest BCUT2D eigenvalue weighted by Gasteiger charge is -2.11. The van der Waals surface area contributed by atoms with Crippen molar-refractivity contribution in [2.75, 3.05) is 12.4 Å². The molecule has 1 amide bonds. The van der Waals surface area contributed by atoms with Crippen molar-refractivity contribution in [1.29, 1.82) is 0 Å². The molecule has 2 aromatic rings. The van der Waals surface area contributed by atoms with E-state index in [2.05, 4.69) is 15.2 Å².